The molecule has 0 fully saturated rings. The Morgan fingerprint density at radius 1 is 1.38 bits per heavy atom. The van der Waals surface area contributed by atoms with E-state index in [1.807, 2.05) is 18.3 Å². The number of phenols is 1. The van der Waals surface area contributed by atoms with Gasteiger partial charge in [0.25, 0.3) is 0 Å². The zero-order chi connectivity index (χ0) is 11.7. The van der Waals surface area contributed by atoms with Gasteiger partial charge >= 0.3 is 0 Å². The molecular formula is C13H17NO2. The average Bonchev–Trinajstić information content (AvgIpc) is 2.57. The number of fused-ring (bicyclic) bond motifs is 1. The Morgan fingerprint density at radius 3 is 2.75 bits per heavy atom. The van der Waals surface area contributed by atoms with E-state index in [0.717, 1.165) is 23.0 Å². The highest BCUT2D eigenvalue weighted by Crippen LogP contribution is 2.30. The fourth-order valence-electron chi connectivity index (χ4n) is 2.15. The van der Waals surface area contributed by atoms with Crippen molar-refractivity contribution >= 4 is 10.9 Å². The minimum atomic E-state index is -0.393. The molecule has 0 aliphatic carbocycles. The summed E-state index contributed by atoms with van der Waals surface area (Å²) < 4.78 is 2.09. The Kier molecular flexibility index (Phi) is 2.88. The van der Waals surface area contributed by atoms with Crippen molar-refractivity contribution < 1.29 is 10.2 Å². The van der Waals surface area contributed by atoms with Crippen molar-refractivity contribution in [2.75, 3.05) is 0 Å². The molecule has 2 rings (SSSR count). The number of aryl methyl sites for hydroxylation is 1. The van der Waals surface area contributed by atoms with Gasteiger partial charge in [0, 0.05) is 24.5 Å². The van der Waals surface area contributed by atoms with Crippen LogP contribution in [0, 0.1) is 0 Å². The van der Waals surface area contributed by atoms with Crippen molar-refractivity contribution in [3.05, 3.63) is 30.0 Å². The topological polar surface area (TPSA) is 45.4 Å². The van der Waals surface area contributed by atoms with E-state index >= 15 is 0 Å². The van der Waals surface area contributed by atoms with Crippen molar-refractivity contribution in [1.29, 1.82) is 0 Å². The predicted octanol–water partition coefficient (Wildman–Crippen LogP) is 2.29. The van der Waals surface area contributed by atoms with Crippen LogP contribution in [0.25, 0.3) is 10.9 Å². The minimum absolute atomic E-state index is 0.292. The third-order valence-electron chi connectivity index (χ3n) is 2.82. The van der Waals surface area contributed by atoms with Gasteiger partial charge in [0.2, 0.25) is 0 Å². The van der Waals surface area contributed by atoms with Crippen LogP contribution in [-0.2, 0) is 13.0 Å². The SMILES string of the molecule is CCn1cc(CC(C)O)c2c(O)cccc21. The van der Waals surface area contributed by atoms with Gasteiger partial charge in [-0.25, -0.2) is 0 Å². The highest BCUT2D eigenvalue weighted by molar-refractivity contribution is 5.89. The predicted molar refractivity (Wildman–Crippen MR) is 64.7 cm³/mol. The number of aromatic hydroxyl groups is 1. The van der Waals surface area contributed by atoms with Gasteiger partial charge < -0.3 is 14.8 Å². The second-order valence-electron chi connectivity index (χ2n) is 4.16. The molecule has 1 aromatic heterocycles. The molecule has 0 bridgehead atoms. The number of nitrogens with zero attached hydrogens (tertiary/aromatic N) is 1. The first-order valence-electron chi connectivity index (χ1n) is 5.61. The first-order chi connectivity index (χ1) is 7.63. The maximum absolute atomic E-state index is 9.88. The first kappa shape index (κ1) is 11.0. The lowest BCUT2D eigenvalue weighted by atomic mass is 10.1. The Bertz CT molecular complexity index is 500. The summed E-state index contributed by atoms with van der Waals surface area (Å²) in [6.07, 6.45) is 2.19. The summed E-state index contributed by atoms with van der Waals surface area (Å²) in [6.45, 7) is 4.69. The lowest BCUT2D eigenvalue weighted by Gasteiger charge is -2.03. The van der Waals surface area contributed by atoms with E-state index < -0.39 is 6.10 Å². The standard InChI is InChI=1S/C13H17NO2/c1-3-14-8-10(7-9(2)15)13-11(14)5-4-6-12(13)16/h4-6,8-9,15-16H,3,7H2,1-2H3. The lowest BCUT2D eigenvalue weighted by molar-refractivity contribution is 0.196. The van der Waals surface area contributed by atoms with Gasteiger partial charge in [-0.05, 0) is 31.5 Å². The molecule has 86 valence electrons. The molecule has 0 radical (unpaired) electrons. The zero-order valence-corrected chi connectivity index (χ0v) is 9.64. The molecule has 1 atom stereocenters. The quantitative estimate of drug-likeness (QED) is 0.832. The van der Waals surface area contributed by atoms with Crippen LogP contribution in [0.2, 0.25) is 0 Å². The molecule has 1 unspecified atom stereocenters. The van der Waals surface area contributed by atoms with Gasteiger partial charge in [-0.2, -0.15) is 0 Å². The molecule has 0 saturated heterocycles. The number of rotatable bonds is 3. The van der Waals surface area contributed by atoms with Gasteiger partial charge in [-0.1, -0.05) is 6.07 Å². The van der Waals surface area contributed by atoms with Gasteiger partial charge in [-0.15, -0.1) is 0 Å². The summed E-state index contributed by atoms with van der Waals surface area (Å²) in [5.74, 6) is 0.292. The van der Waals surface area contributed by atoms with E-state index in [0.29, 0.717) is 12.2 Å². The molecule has 1 aromatic carbocycles. The van der Waals surface area contributed by atoms with E-state index in [4.69, 9.17) is 0 Å². The molecule has 0 saturated carbocycles. The van der Waals surface area contributed by atoms with Gasteiger partial charge in [-0.3, -0.25) is 0 Å². The molecule has 3 heteroatoms. The van der Waals surface area contributed by atoms with E-state index in [1.54, 1.807) is 13.0 Å². The van der Waals surface area contributed by atoms with Crippen molar-refractivity contribution in [3.8, 4) is 5.75 Å². The second-order valence-corrected chi connectivity index (χ2v) is 4.16. The van der Waals surface area contributed by atoms with Gasteiger partial charge in [0.05, 0.1) is 11.6 Å². The number of phenolic OH excluding ortho intramolecular Hbond substituents is 1. The summed E-state index contributed by atoms with van der Waals surface area (Å²) in [5, 5.41) is 20.2. The minimum Gasteiger partial charge on any atom is -0.507 e. The zero-order valence-electron chi connectivity index (χ0n) is 9.64. The van der Waals surface area contributed by atoms with Crippen LogP contribution in [0.3, 0.4) is 0 Å². The van der Waals surface area contributed by atoms with Crippen molar-refractivity contribution in [2.45, 2.75) is 32.9 Å². The molecule has 2 N–H and O–H groups in total. The fourth-order valence-corrected chi connectivity index (χ4v) is 2.15. The number of aliphatic hydroxyl groups is 1. The second kappa shape index (κ2) is 4.18. The largest absolute Gasteiger partial charge is 0.507 e. The molecule has 0 aliphatic rings. The molecule has 16 heavy (non-hydrogen) atoms. The summed E-state index contributed by atoms with van der Waals surface area (Å²) in [4.78, 5) is 0. The normalized spacial score (nSPS) is 13.2. The summed E-state index contributed by atoms with van der Waals surface area (Å²) in [5.41, 5.74) is 2.03. The lowest BCUT2D eigenvalue weighted by Crippen LogP contribution is -2.03. The molecule has 0 spiro atoms. The van der Waals surface area contributed by atoms with Gasteiger partial charge in [0.1, 0.15) is 5.75 Å². The average molecular weight is 219 g/mol. The first-order valence-corrected chi connectivity index (χ1v) is 5.61. The summed E-state index contributed by atoms with van der Waals surface area (Å²) in [6, 6.07) is 5.52. The van der Waals surface area contributed by atoms with Crippen LogP contribution >= 0.6 is 0 Å². The maximum Gasteiger partial charge on any atom is 0.125 e. The molecule has 1 heterocycles. The Balaban J connectivity index is 2.64. The molecule has 2 aromatic rings. The van der Waals surface area contributed by atoms with E-state index in [2.05, 4.69) is 11.5 Å². The van der Waals surface area contributed by atoms with Crippen LogP contribution in [0.1, 0.15) is 19.4 Å². The van der Waals surface area contributed by atoms with Crippen LogP contribution in [0.5, 0.6) is 5.75 Å². The van der Waals surface area contributed by atoms with E-state index in [1.165, 1.54) is 0 Å². The van der Waals surface area contributed by atoms with Crippen molar-refractivity contribution in [2.24, 2.45) is 0 Å². The Hall–Kier alpha value is -1.48. The Morgan fingerprint density at radius 2 is 2.12 bits per heavy atom. The third-order valence-corrected chi connectivity index (χ3v) is 2.82. The monoisotopic (exact) mass is 219 g/mol. The van der Waals surface area contributed by atoms with Crippen LogP contribution in [0.4, 0.5) is 0 Å². The Labute approximate surface area is 94.9 Å². The van der Waals surface area contributed by atoms with Crippen LogP contribution < -0.4 is 0 Å². The molecule has 0 aliphatic heterocycles. The highest BCUT2D eigenvalue weighted by Gasteiger charge is 2.12. The summed E-state index contributed by atoms with van der Waals surface area (Å²) >= 11 is 0. The molecular weight excluding hydrogens is 202 g/mol. The fraction of sp³-hybridized carbons (Fsp3) is 0.385. The number of hydrogen-bond acceptors (Lipinski definition) is 2. The molecule has 3 nitrogen and oxygen atoms in total. The summed E-state index contributed by atoms with van der Waals surface area (Å²) in [7, 11) is 0. The van der Waals surface area contributed by atoms with Crippen molar-refractivity contribution in [1.82, 2.24) is 4.57 Å². The van der Waals surface area contributed by atoms with E-state index in [-0.39, 0.29) is 0 Å². The highest BCUT2D eigenvalue weighted by atomic mass is 16.3. The maximum atomic E-state index is 9.88. The number of aromatic nitrogens is 1. The van der Waals surface area contributed by atoms with Crippen LogP contribution in [-0.4, -0.2) is 20.9 Å². The van der Waals surface area contributed by atoms with Crippen molar-refractivity contribution in [3.63, 3.8) is 0 Å². The third kappa shape index (κ3) is 1.78. The van der Waals surface area contributed by atoms with E-state index in [9.17, 15) is 10.2 Å². The molecule has 0 amide bonds. The number of hydrogen-bond donors (Lipinski definition) is 2. The smallest absolute Gasteiger partial charge is 0.125 e. The number of aliphatic hydroxyl groups excluding tert-OH is 1. The van der Waals surface area contributed by atoms with Gasteiger partial charge in [0.15, 0.2) is 0 Å². The number of benzene rings is 1. The van der Waals surface area contributed by atoms with Crippen LogP contribution in [0.15, 0.2) is 24.4 Å².